The molecule has 22 heavy (non-hydrogen) atoms. The van der Waals surface area contributed by atoms with E-state index in [2.05, 4.69) is 5.32 Å². The van der Waals surface area contributed by atoms with Gasteiger partial charge in [0, 0.05) is 12.6 Å². The van der Waals surface area contributed by atoms with Crippen LogP contribution in [0.3, 0.4) is 0 Å². The zero-order valence-electron chi connectivity index (χ0n) is 11.7. The van der Waals surface area contributed by atoms with E-state index in [1.54, 1.807) is 19.1 Å². The molecule has 0 saturated heterocycles. The lowest BCUT2D eigenvalue weighted by molar-refractivity contribution is -0.384. The molecular formula is C15H14ClFN2O3. The number of benzene rings is 2. The summed E-state index contributed by atoms with van der Waals surface area (Å²) in [6.07, 6.45) is -1.02. The van der Waals surface area contributed by atoms with Crippen LogP contribution in [0.25, 0.3) is 0 Å². The van der Waals surface area contributed by atoms with Crippen molar-refractivity contribution < 1.29 is 14.4 Å². The molecular weight excluding hydrogens is 311 g/mol. The summed E-state index contributed by atoms with van der Waals surface area (Å²) in [5.74, 6) is -0.625. The molecule has 0 aliphatic carbocycles. The van der Waals surface area contributed by atoms with Gasteiger partial charge in [-0.25, -0.2) is 4.39 Å². The third-order valence-electron chi connectivity index (χ3n) is 3.25. The quantitative estimate of drug-likeness (QED) is 0.647. The minimum atomic E-state index is -1.02. The molecule has 0 saturated carbocycles. The van der Waals surface area contributed by atoms with Gasteiger partial charge in [-0.3, -0.25) is 10.1 Å². The number of halogens is 2. The Morgan fingerprint density at radius 1 is 1.41 bits per heavy atom. The normalized spacial score (nSPS) is 12.0. The Labute approximate surface area is 131 Å². The largest absolute Gasteiger partial charge is 0.387 e. The van der Waals surface area contributed by atoms with Crippen LogP contribution in [0.2, 0.25) is 5.02 Å². The second-order valence-electron chi connectivity index (χ2n) is 4.80. The Morgan fingerprint density at radius 2 is 2.14 bits per heavy atom. The van der Waals surface area contributed by atoms with Gasteiger partial charge in [-0.05, 0) is 30.2 Å². The lowest BCUT2D eigenvalue weighted by Crippen LogP contribution is -2.14. The van der Waals surface area contributed by atoms with Crippen LogP contribution in [0.4, 0.5) is 15.8 Å². The van der Waals surface area contributed by atoms with Crippen molar-refractivity contribution in [3.8, 4) is 0 Å². The Hall–Kier alpha value is -2.18. The first-order valence-corrected chi connectivity index (χ1v) is 6.89. The molecule has 0 heterocycles. The van der Waals surface area contributed by atoms with Crippen LogP contribution in [0.1, 0.15) is 17.2 Å². The van der Waals surface area contributed by atoms with E-state index in [1.807, 2.05) is 0 Å². The van der Waals surface area contributed by atoms with Gasteiger partial charge in [0.15, 0.2) is 0 Å². The average molecular weight is 325 g/mol. The second-order valence-corrected chi connectivity index (χ2v) is 5.20. The summed E-state index contributed by atoms with van der Waals surface area (Å²) in [5, 5.41) is 23.9. The maximum atomic E-state index is 13.4. The van der Waals surface area contributed by atoms with Crippen molar-refractivity contribution in [3.63, 3.8) is 0 Å². The van der Waals surface area contributed by atoms with Crippen molar-refractivity contribution in [1.82, 2.24) is 0 Å². The molecule has 2 rings (SSSR count). The van der Waals surface area contributed by atoms with Gasteiger partial charge in [0.05, 0.1) is 16.0 Å². The highest BCUT2D eigenvalue weighted by Crippen LogP contribution is 2.28. The van der Waals surface area contributed by atoms with Crippen LogP contribution >= 0.6 is 11.6 Å². The molecule has 2 N–H and O–H groups in total. The van der Waals surface area contributed by atoms with Gasteiger partial charge in [-0.1, -0.05) is 29.8 Å². The average Bonchev–Trinajstić information content (AvgIpc) is 2.48. The highest BCUT2D eigenvalue weighted by Gasteiger charge is 2.17. The monoisotopic (exact) mass is 324 g/mol. The van der Waals surface area contributed by atoms with Gasteiger partial charge < -0.3 is 10.4 Å². The minimum absolute atomic E-state index is 0.00671. The number of aliphatic hydroxyl groups is 1. The van der Waals surface area contributed by atoms with Crippen molar-refractivity contribution in [1.29, 1.82) is 0 Å². The number of hydrogen-bond donors (Lipinski definition) is 2. The number of nitrogens with zero attached hydrogens (tertiary/aromatic N) is 1. The van der Waals surface area contributed by atoms with Crippen LogP contribution in [0.15, 0.2) is 36.4 Å². The molecule has 1 unspecified atom stereocenters. The molecule has 0 aromatic heterocycles. The lowest BCUT2D eigenvalue weighted by atomic mass is 10.1. The van der Waals surface area contributed by atoms with Crippen molar-refractivity contribution in [2.45, 2.75) is 13.0 Å². The van der Waals surface area contributed by atoms with E-state index in [1.165, 1.54) is 18.2 Å². The van der Waals surface area contributed by atoms with E-state index >= 15 is 0 Å². The van der Waals surface area contributed by atoms with Gasteiger partial charge in [-0.2, -0.15) is 0 Å². The number of aliphatic hydroxyl groups excluding tert-OH is 1. The standard InChI is InChI=1S/C15H14ClFN2O3/c1-9-3-2-4-13(19(21)22)15(9)18-8-14(20)10-5-6-11(16)12(17)7-10/h2-7,14,18,20H,8H2,1H3. The topological polar surface area (TPSA) is 75.4 Å². The molecule has 0 aliphatic heterocycles. The van der Waals surface area contributed by atoms with Crippen molar-refractivity contribution >= 4 is 23.0 Å². The maximum absolute atomic E-state index is 13.4. The first kappa shape index (κ1) is 16.2. The number of nitrogens with one attached hydrogen (secondary N) is 1. The van der Waals surface area contributed by atoms with Crippen LogP contribution < -0.4 is 5.32 Å². The molecule has 7 heteroatoms. The fraction of sp³-hybridized carbons (Fsp3) is 0.200. The molecule has 116 valence electrons. The van der Waals surface area contributed by atoms with E-state index < -0.39 is 16.8 Å². The molecule has 2 aromatic rings. The molecule has 0 bridgehead atoms. The summed E-state index contributed by atoms with van der Waals surface area (Å²) in [5.41, 5.74) is 1.28. The van der Waals surface area contributed by atoms with E-state index in [4.69, 9.17) is 11.6 Å². The van der Waals surface area contributed by atoms with E-state index in [0.29, 0.717) is 16.8 Å². The molecule has 2 aromatic carbocycles. The zero-order chi connectivity index (χ0) is 16.3. The predicted molar refractivity (Wildman–Crippen MR) is 82.7 cm³/mol. The number of nitro benzene ring substituents is 1. The van der Waals surface area contributed by atoms with Crippen LogP contribution in [0, 0.1) is 22.9 Å². The third-order valence-corrected chi connectivity index (χ3v) is 3.55. The second kappa shape index (κ2) is 6.72. The van der Waals surface area contributed by atoms with Crippen LogP contribution in [-0.4, -0.2) is 16.6 Å². The summed E-state index contributed by atoms with van der Waals surface area (Å²) in [6, 6.07) is 8.69. The van der Waals surface area contributed by atoms with Crippen molar-refractivity contribution in [2.75, 3.05) is 11.9 Å². The minimum Gasteiger partial charge on any atom is -0.387 e. The first-order valence-electron chi connectivity index (χ1n) is 6.51. The number of rotatable bonds is 5. The maximum Gasteiger partial charge on any atom is 0.292 e. The van der Waals surface area contributed by atoms with Crippen molar-refractivity contribution in [2.24, 2.45) is 0 Å². The highest BCUT2D eigenvalue weighted by atomic mass is 35.5. The molecule has 0 spiro atoms. The highest BCUT2D eigenvalue weighted by molar-refractivity contribution is 6.30. The number of para-hydroxylation sites is 1. The van der Waals surface area contributed by atoms with Gasteiger partial charge in [0.1, 0.15) is 11.5 Å². The Kier molecular flexibility index (Phi) is 4.95. The number of aryl methyl sites for hydroxylation is 1. The van der Waals surface area contributed by atoms with Crippen molar-refractivity contribution in [3.05, 3.63) is 68.5 Å². The van der Waals surface area contributed by atoms with E-state index in [-0.39, 0.29) is 17.3 Å². The van der Waals surface area contributed by atoms with Gasteiger partial charge in [0.25, 0.3) is 5.69 Å². The zero-order valence-corrected chi connectivity index (χ0v) is 12.5. The summed E-state index contributed by atoms with van der Waals surface area (Å²) < 4.78 is 13.4. The summed E-state index contributed by atoms with van der Waals surface area (Å²) in [7, 11) is 0. The summed E-state index contributed by atoms with van der Waals surface area (Å²) in [4.78, 5) is 10.5. The first-order chi connectivity index (χ1) is 10.4. The summed E-state index contributed by atoms with van der Waals surface area (Å²) in [6.45, 7) is 1.73. The Balaban J connectivity index is 2.16. The number of hydrogen-bond acceptors (Lipinski definition) is 4. The third kappa shape index (κ3) is 3.52. The lowest BCUT2D eigenvalue weighted by Gasteiger charge is -2.15. The Bertz CT molecular complexity index is 709. The molecule has 0 amide bonds. The fourth-order valence-corrected chi connectivity index (χ4v) is 2.19. The van der Waals surface area contributed by atoms with Gasteiger partial charge >= 0.3 is 0 Å². The molecule has 5 nitrogen and oxygen atoms in total. The van der Waals surface area contributed by atoms with Gasteiger partial charge in [-0.15, -0.1) is 0 Å². The number of nitro groups is 1. The van der Waals surface area contributed by atoms with E-state index in [9.17, 15) is 19.6 Å². The Morgan fingerprint density at radius 3 is 2.77 bits per heavy atom. The molecule has 1 atom stereocenters. The van der Waals surface area contributed by atoms with Crippen LogP contribution in [-0.2, 0) is 0 Å². The molecule has 0 fully saturated rings. The molecule has 0 radical (unpaired) electrons. The van der Waals surface area contributed by atoms with Gasteiger partial charge in [0.2, 0.25) is 0 Å². The predicted octanol–water partition coefficient (Wildman–Crippen LogP) is 3.84. The SMILES string of the molecule is Cc1cccc([N+](=O)[O-])c1NCC(O)c1ccc(Cl)c(F)c1. The number of anilines is 1. The smallest absolute Gasteiger partial charge is 0.292 e. The van der Waals surface area contributed by atoms with Crippen LogP contribution in [0.5, 0.6) is 0 Å². The van der Waals surface area contributed by atoms with E-state index in [0.717, 1.165) is 6.07 Å². The fourth-order valence-electron chi connectivity index (χ4n) is 2.07. The summed E-state index contributed by atoms with van der Waals surface area (Å²) >= 11 is 5.59. The molecule has 0 aliphatic rings.